The predicted octanol–water partition coefficient (Wildman–Crippen LogP) is 1.31. The van der Waals surface area contributed by atoms with Crippen molar-refractivity contribution in [2.75, 3.05) is 33.3 Å². The number of amides is 1. The van der Waals surface area contributed by atoms with Gasteiger partial charge in [0.15, 0.2) is 0 Å². The maximum atomic E-state index is 12.8. The van der Waals surface area contributed by atoms with Crippen LogP contribution in [-0.4, -0.2) is 65.1 Å². The van der Waals surface area contributed by atoms with E-state index < -0.39 is 0 Å². The van der Waals surface area contributed by atoms with Crippen molar-refractivity contribution in [1.82, 2.24) is 14.8 Å². The average Bonchev–Trinajstić information content (AvgIpc) is 2.55. The van der Waals surface area contributed by atoms with Crippen LogP contribution in [0.1, 0.15) is 35.2 Å². The number of hydrogen-bond acceptors (Lipinski definition) is 4. The van der Waals surface area contributed by atoms with Crippen molar-refractivity contribution in [1.29, 1.82) is 0 Å². The molecule has 2 atom stereocenters. The van der Waals surface area contributed by atoms with Gasteiger partial charge in [-0.15, -0.1) is 0 Å². The Balaban J connectivity index is 1.81. The second-order valence-corrected chi connectivity index (χ2v) is 6.81. The van der Waals surface area contributed by atoms with Crippen LogP contribution in [0.3, 0.4) is 0 Å². The number of aliphatic hydroxyl groups excluding tert-OH is 1. The van der Waals surface area contributed by atoms with Crippen molar-refractivity contribution in [3.8, 4) is 0 Å². The summed E-state index contributed by atoms with van der Waals surface area (Å²) in [6.45, 7) is 4.63. The number of aryl methyl sites for hydroxylation is 1. The van der Waals surface area contributed by atoms with Gasteiger partial charge in [0.25, 0.3) is 5.91 Å². The van der Waals surface area contributed by atoms with Crippen molar-refractivity contribution in [2.24, 2.45) is 5.41 Å². The van der Waals surface area contributed by atoms with Gasteiger partial charge >= 0.3 is 0 Å². The fraction of sp³-hybridized carbons (Fsp3) is 0.647. The minimum atomic E-state index is -0.0340. The fourth-order valence-corrected chi connectivity index (χ4v) is 4.06. The maximum absolute atomic E-state index is 12.8. The predicted molar refractivity (Wildman–Crippen MR) is 84.7 cm³/mol. The minimum absolute atomic E-state index is 0.0340. The van der Waals surface area contributed by atoms with Crippen LogP contribution in [0, 0.1) is 12.3 Å². The van der Waals surface area contributed by atoms with Gasteiger partial charge in [-0.1, -0.05) is 0 Å². The van der Waals surface area contributed by atoms with E-state index in [-0.39, 0.29) is 24.0 Å². The molecule has 0 saturated carbocycles. The molecule has 0 radical (unpaired) electrons. The summed E-state index contributed by atoms with van der Waals surface area (Å²) in [6.07, 6.45) is 6.45. The molecule has 2 saturated heterocycles. The number of nitrogens with zero attached hydrogens (tertiary/aromatic N) is 3. The van der Waals surface area contributed by atoms with Crippen LogP contribution in [0.2, 0.25) is 0 Å². The summed E-state index contributed by atoms with van der Waals surface area (Å²) in [5.41, 5.74) is 1.63. The van der Waals surface area contributed by atoms with Gasteiger partial charge in [-0.2, -0.15) is 0 Å². The number of pyridine rings is 1. The number of rotatable bonds is 2. The zero-order valence-electron chi connectivity index (χ0n) is 13.5. The Hall–Kier alpha value is -1.46. The van der Waals surface area contributed by atoms with E-state index in [1.165, 1.54) is 0 Å². The number of carbonyl (C=O) groups is 1. The molecule has 2 aliphatic rings. The second-order valence-electron chi connectivity index (χ2n) is 6.81. The lowest BCUT2D eigenvalue weighted by molar-refractivity contribution is -0.0601. The van der Waals surface area contributed by atoms with Crippen LogP contribution < -0.4 is 0 Å². The minimum Gasteiger partial charge on any atom is -0.396 e. The molecule has 120 valence electrons. The summed E-state index contributed by atoms with van der Waals surface area (Å²) < 4.78 is 0. The Bertz CT molecular complexity index is 563. The standard InChI is InChI=1S/C17H25N3O2/c1-13-4-7-18-10-14(13)16(22)20-9-6-17(12-21)5-3-8-19(2)15(17)11-20/h4,7,10,15,21H,3,5-6,8-9,11-12H2,1-2H3/t15-,17-/m1/s1. The number of aromatic nitrogens is 1. The van der Waals surface area contributed by atoms with Gasteiger partial charge in [0.2, 0.25) is 0 Å². The third-order valence-electron chi connectivity index (χ3n) is 5.57. The van der Waals surface area contributed by atoms with E-state index in [0.29, 0.717) is 12.1 Å². The average molecular weight is 303 g/mol. The molecule has 2 aliphatic heterocycles. The largest absolute Gasteiger partial charge is 0.396 e. The molecule has 22 heavy (non-hydrogen) atoms. The van der Waals surface area contributed by atoms with Crippen LogP contribution in [0.15, 0.2) is 18.5 Å². The highest BCUT2D eigenvalue weighted by atomic mass is 16.3. The molecule has 1 aromatic heterocycles. The van der Waals surface area contributed by atoms with Gasteiger partial charge in [-0.05, 0) is 51.4 Å². The smallest absolute Gasteiger partial charge is 0.255 e. The van der Waals surface area contributed by atoms with E-state index in [0.717, 1.165) is 37.9 Å². The van der Waals surface area contributed by atoms with Crippen LogP contribution >= 0.6 is 0 Å². The quantitative estimate of drug-likeness (QED) is 0.895. The van der Waals surface area contributed by atoms with E-state index >= 15 is 0 Å². The molecular weight excluding hydrogens is 278 g/mol. The molecule has 0 unspecified atom stereocenters. The van der Waals surface area contributed by atoms with Gasteiger partial charge in [0.1, 0.15) is 0 Å². The van der Waals surface area contributed by atoms with E-state index in [2.05, 4.69) is 16.9 Å². The Morgan fingerprint density at radius 3 is 3.00 bits per heavy atom. The number of piperidine rings is 2. The maximum Gasteiger partial charge on any atom is 0.255 e. The number of hydrogen-bond donors (Lipinski definition) is 1. The van der Waals surface area contributed by atoms with Gasteiger partial charge < -0.3 is 14.9 Å². The summed E-state index contributed by atoms with van der Waals surface area (Å²) in [5.74, 6) is 0.0658. The van der Waals surface area contributed by atoms with E-state index in [1.54, 1.807) is 12.4 Å². The Morgan fingerprint density at radius 2 is 2.27 bits per heavy atom. The van der Waals surface area contributed by atoms with Gasteiger partial charge in [0.05, 0.1) is 12.2 Å². The molecule has 2 fully saturated rings. The van der Waals surface area contributed by atoms with E-state index in [9.17, 15) is 9.90 Å². The molecule has 1 aromatic rings. The lowest BCUT2D eigenvalue weighted by Gasteiger charge is -2.53. The summed E-state index contributed by atoms with van der Waals surface area (Å²) in [7, 11) is 2.11. The van der Waals surface area contributed by atoms with Crippen LogP contribution in [0.25, 0.3) is 0 Å². The second kappa shape index (κ2) is 5.97. The van der Waals surface area contributed by atoms with Gasteiger partial charge in [-0.25, -0.2) is 0 Å². The van der Waals surface area contributed by atoms with Crippen molar-refractivity contribution in [3.05, 3.63) is 29.6 Å². The van der Waals surface area contributed by atoms with Gasteiger partial charge in [0, 0.05) is 36.9 Å². The molecule has 3 rings (SSSR count). The molecule has 3 heterocycles. The Morgan fingerprint density at radius 1 is 1.45 bits per heavy atom. The zero-order valence-corrected chi connectivity index (χ0v) is 13.5. The first-order chi connectivity index (χ1) is 10.6. The number of aliphatic hydroxyl groups is 1. The highest BCUT2D eigenvalue weighted by Crippen LogP contribution is 2.41. The molecule has 0 aromatic carbocycles. The molecule has 5 heteroatoms. The summed E-state index contributed by atoms with van der Waals surface area (Å²) >= 11 is 0. The highest BCUT2D eigenvalue weighted by molar-refractivity contribution is 5.95. The van der Waals surface area contributed by atoms with E-state index in [1.807, 2.05) is 17.9 Å². The summed E-state index contributed by atoms with van der Waals surface area (Å²) in [6, 6.07) is 2.13. The zero-order chi connectivity index (χ0) is 15.7. The lowest BCUT2D eigenvalue weighted by atomic mass is 9.69. The van der Waals surface area contributed by atoms with Crippen molar-refractivity contribution in [2.45, 2.75) is 32.2 Å². The molecule has 1 amide bonds. The molecule has 1 N–H and O–H groups in total. The van der Waals surface area contributed by atoms with Crippen LogP contribution in [0.4, 0.5) is 0 Å². The molecule has 5 nitrogen and oxygen atoms in total. The Kier molecular flexibility index (Phi) is 4.19. The fourth-order valence-electron chi connectivity index (χ4n) is 4.06. The lowest BCUT2D eigenvalue weighted by Crippen LogP contribution is -2.62. The summed E-state index contributed by atoms with van der Waals surface area (Å²) in [5, 5.41) is 9.94. The van der Waals surface area contributed by atoms with E-state index in [4.69, 9.17) is 0 Å². The van der Waals surface area contributed by atoms with Gasteiger partial charge in [-0.3, -0.25) is 9.78 Å². The van der Waals surface area contributed by atoms with Crippen molar-refractivity contribution < 1.29 is 9.90 Å². The molecule has 0 bridgehead atoms. The normalized spacial score (nSPS) is 29.2. The highest BCUT2D eigenvalue weighted by Gasteiger charge is 2.47. The van der Waals surface area contributed by atoms with Crippen LogP contribution in [-0.2, 0) is 0 Å². The first-order valence-corrected chi connectivity index (χ1v) is 8.08. The number of likely N-dealkylation sites (N-methyl/N-ethyl adjacent to an activating group) is 1. The van der Waals surface area contributed by atoms with Crippen molar-refractivity contribution in [3.63, 3.8) is 0 Å². The monoisotopic (exact) mass is 303 g/mol. The van der Waals surface area contributed by atoms with Crippen molar-refractivity contribution >= 4 is 5.91 Å². The third-order valence-corrected chi connectivity index (χ3v) is 5.57. The summed E-state index contributed by atoms with van der Waals surface area (Å²) in [4.78, 5) is 21.1. The SMILES string of the molecule is Cc1ccncc1C(=O)N1CC[C@@]2(CO)CCCN(C)[C@@H]2C1. The molecular formula is C17H25N3O2. The Labute approximate surface area is 131 Å². The third kappa shape index (κ3) is 2.52. The molecule has 0 aliphatic carbocycles. The molecule has 0 spiro atoms. The number of likely N-dealkylation sites (tertiary alicyclic amines) is 2. The van der Waals surface area contributed by atoms with Crippen LogP contribution in [0.5, 0.6) is 0 Å². The first kappa shape index (κ1) is 15.4. The topological polar surface area (TPSA) is 56.7 Å². The number of carbonyl (C=O) groups excluding carboxylic acids is 1. The first-order valence-electron chi connectivity index (χ1n) is 8.08. The number of fused-ring (bicyclic) bond motifs is 1.